The molecule has 0 aliphatic heterocycles. The Morgan fingerprint density at radius 1 is 1.62 bits per heavy atom. The maximum Gasteiger partial charge on any atom is 0.230 e. The lowest BCUT2D eigenvalue weighted by Crippen LogP contribution is -2.40. The third kappa shape index (κ3) is 6.05. The average molecular weight is 251 g/mol. The second-order valence-corrected chi connectivity index (χ2v) is 3.83. The Kier molecular flexibility index (Phi) is 7.28. The van der Waals surface area contributed by atoms with E-state index >= 15 is 0 Å². The zero-order valence-electron chi connectivity index (χ0n) is 8.64. The highest BCUT2D eigenvalue weighted by molar-refractivity contribution is 9.09. The van der Waals surface area contributed by atoms with Gasteiger partial charge in [0.05, 0.1) is 5.33 Å². The van der Waals surface area contributed by atoms with Crippen molar-refractivity contribution in [3.05, 3.63) is 0 Å². The molecule has 78 valence electrons. The Morgan fingerprint density at radius 2 is 2.23 bits per heavy atom. The zero-order chi connectivity index (χ0) is 10.3. The van der Waals surface area contributed by atoms with Crippen molar-refractivity contribution in [2.24, 2.45) is 0 Å². The summed E-state index contributed by atoms with van der Waals surface area (Å²) in [6.07, 6.45) is 1.15. The molecule has 0 aliphatic rings. The number of nitrogens with one attached hydrogen (secondary N) is 1. The van der Waals surface area contributed by atoms with Gasteiger partial charge in [-0.1, -0.05) is 22.9 Å². The molecule has 4 heteroatoms. The molecule has 0 rings (SSSR count). The fourth-order valence-corrected chi connectivity index (χ4v) is 1.24. The lowest BCUT2D eigenvalue weighted by atomic mass is 10.3. The van der Waals surface area contributed by atoms with Crippen LogP contribution in [0.3, 0.4) is 0 Å². The van der Waals surface area contributed by atoms with Crippen molar-refractivity contribution in [1.82, 2.24) is 10.2 Å². The topological polar surface area (TPSA) is 32.3 Å². The summed E-state index contributed by atoms with van der Waals surface area (Å²) in [5.41, 5.74) is 0. The van der Waals surface area contributed by atoms with Gasteiger partial charge in [-0.3, -0.25) is 4.79 Å². The van der Waals surface area contributed by atoms with Crippen LogP contribution in [0.5, 0.6) is 0 Å². The number of hydrogen-bond acceptors (Lipinski definition) is 2. The van der Waals surface area contributed by atoms with E-state index in [2.05, 4.69) is 47.0 Å². The van der Waals surface area contributed by atoms with E-state index in [1.807, 2.05) is 0 Å². The van der Waals surface area contributed by atoms with Crippen molar-refractivity contribution in [3.63, 3.8) is 0 Å². The summed E-state index contributed by atoms with van der Waals surface area (Å²) < 4.78 is 0. The summed E-state index contributed by atoms with van der Waals surface area (Å²) in [6.45, 7) is 6.07. The highest BCUT2D eigenvalue weighted by Gasteiger charge is 2.08. The number of carbonyl (C=O) groups is 1. The second kappa shape index (κ2) is 7.33. The summed E-state index contributed by atoms with van der Waals surface area (Å²) in [6, 6.07) is 0.406. The van der Waals surface area contributed by atoms with Gasteiger partial charge in [0.2, 0.25) is 5.91 Å². The van der Waals surface area contributed by atoms with Gasteiger partial charge in [0.25, 0.3) is 0 Å². The molecule has 0 fully saturated rings. The van der Waals surface area contributed by atoms with Gasteiger partial charge in [0.15, 0.2) is 0 Å². The first kappa shape index (κ1) is 12.9. The monoisotopic (exact) mass is 250 g/mol. The highest BCUT2D eigenvalue weighted by Crippen LogP contribution is 1.95. The lowest BCUT2D eigenvalue weighted by molar-refractivity contribution is -0.118. The Bertz CT molecular complexity index is 153. The van der Waals surface area contributed by atoms with Crippen LogP contribution >= 0.6 is 15.9 Å². The van der Waals surface area contributed by atoms with Crippen LogP contribution in [0.25, 0.3) is 0 Å². The van der Waals surface area contributed by atoms with E-state index in [0.29, 0.717) is 11.4 Å². The van der Waals surface area contributed by atoms with Crippen molar-refractivity contribution in [2.45, 2.75) is 26.3 Å². The molecule has 0 aliphatic carbocycles. The number of halogens is 1. The summed E-state index contributed by atoms with van der Waals surface area (Å²) in [5, 5.41) is 3.23. The van der Waals surface area contributed by atoms with E-state index < -0.39 is 0 Å². The van der Waals surface area contributed by atoms with Crippen LogP contribution in [0.1, 0.15) is 20.3 Å². The molecule has 0 spiro atoms. The van der Waals surface area contributed by atoms with Crippen molar-refractivity contribution in [2.75, 3.05) is 25.5 Å². The first-order valence-electron chi connectivity index (χ1n) is 4.64. The van der Waals surface area contributed by atoms with Crippen LogP contribution in [0.2, 0.25) is 0 Å². The summed E-state index contributed by atoms with van der Waals surface area (Å²) >= 11 is 3.11. The first-order valence-corrected chi connectivity index (χ1v) is 5.76. The standard InChI is InChI=1S/C9H19BrN2O/c1-4-5-12(3)8(2)7-11-9(13)6-10/h8H,4-7H2,1-3H3,(H,11,13). The van der Waals surface area contributed by atoms with Crippen molar-refractivity contribution >= 4 is 21.8 Å². The normalized spacial score (nSPS) is 13.0. The zero-order valence-corrected chi connectivity index (χ0v) is 10.2. The highest BCUT2D eigenvalue weighted by atomic mass is 79.9. The molecule has 0 aromatic carbocycles. The van der Waals surface area contributed by atoms with E-state index in [9.17, 15) is 4.79 Å². The van der Waals surface area contributed by atoms with Crippen LogP contribution in [0.15, 0.2) is 0 Å². The number of carbonyl (C=O) groups excluding carboxylic acids is 1. The van der Waals surface area contributed by atoms with Gasteiger partial charge in [-0.2, -0.15) is 0 Å². The Balaban J connectivity index is 3.60. The maximum absolute atomic E-state index is 10.9. The van der Waals surface area contributed by atoms with Crippen LogP contribution in [-0.2, 0) is 4.79 Å². The lowest BCUT2D eigenvalue weighted by Gasteiger charge is -2.24. The van der Waals surface area contributed by atoms with E-state index in [-0.39, 0.29) is 5.91 Å². The number of rotatable bonds is 6. The molecule has 0 saturated carbocycles. The van der Waals surface area contributed by atoms with E-state index in [1.165, 1.54) is 0 Å². The third-order valence-corrected chi connectivity index (χ3v) is 2.55. The molecular weight excluding hydrogens is 232 g/mol. The Labute approximate surface area is 89.0 Å². The number of hydrogen-bond donors (Lipinski definition) is 1. The maximum atomic E-state index is 10.9. The van der Waals surface area contributed by atoms with Gasteiger partial charge in [-0.05, 0) is 26.9 Å². The van der Waals surface area contributed by atoms with E-state index in [1.54, 1.807) is 0 Å². The fourth-order valence-electron chi connectivity index (χ4n) is 1.04. The molecule has 1 N–H and O–H groups in total. The quantitative estimate of drug-likeness (QED) is 0.720. The molecule has 0 aromatic heterocycles. The molecule has 13 heavy (non-hydrogen) atoms. The van der Waals surface area contributed by atoms with E-state index in [0.717, 1.165) is 19.5 Å². The molecule has 1 atom stereocenters. The van der Waals surface area contributed by atoms with Crippen molar-refractivity contribution < 1.29 is 4.79 Å². The minimum absolute atomic E-state index is 0.0525. The summed E-state index contributed by atoms with van der Waals surface area (Å²) in [4.78, 5) is 13.2. The van der Waals surface area contributed by atoms with Crippen LogP contribution < -0.4 is 5.32 Å². The smallest absolute Gasteiger partial charge is 0.230 e. The number of alkyl halides is 1. The minimum Gasteiger partial charge on any atom is -0.354 e. The third-order valence-electron chi connectivity index (χ3n) is 2.04. The number of nitrogens with zero attached hydrogens (tertiary/aromatic N) is 1. The van der Waals surface area contributed by atoms with Crippen LogP contribution in [0, 0.1) is 0 Å². The predicted octanol–water partition coefficient (Wildman–Crippen LogP) is 1.23. The Morgan fingerprint density at radius 3 is 2.69 bits per heavy atom. The molecule has 1 amide bonds. The summed E-state index contributed by atoms with van der Waals surface area (Å²) in [5.74, 6) is 0.0525. The van der Waals surface area contributed by atoms with Crippen LogP contribution in [-0.4, -0.2) is 42.3 Å². The van der Waals surface area contributed by atoms with Crippen LogP contribution in [0.4, 0.5) is 0 Å². The van der Waals surface area contributed by atoms with Crippen molar-refractivity contribution in [1.29, 1.82) is 0 Å². The molecule has 0 radical (unpaired) electrons. The molecule has 1 unspecified atom stereocenters. The second-order valence-electron chi connectivity index (χ2n) is 3.27. The van der Waals surface area contributed by atoms with E-state index in [4.69, 9.17) is 0 Å². The molecule has 0 saturated heterocycles. The number of likely N-dealkylation sites (N-methyl/N-ethyl adjacent to an activating group) is 1. The SMILES string of the molecule is CCCN(C)C(C)CNC(=O)CBr. The van der Waals surface area contributed by atoms with Gasteiger partial charge in [0.1, 0.15) is 0 Å². The molecule has 0 heterocycles. The minimum atomic E-state index is 0.0525. The Hall–Kier alpha value is -0.0900. The predicted molar refractivity (Wildman–Crippen MR) is 59.2 cm³/mol. The molecule has 0 bridgehead atoms. The van der Waals surface area contributed by atoms with Gasteiger partial charge < -0.3 is 10.2 Å². The van der Waals surface area contributed by atoms with Gasteiger partial charge in [-0.15, -0.1) is 0 Å². The largest absolute Gasteiger partial charge is 0.354 e. The first-order chi connectivity index (χ1) is 6.11. The van der Waals surface area contributed by atoms with Crippen molar-refractivity contribution in [3.8, 4) is 0 Å². The number of amides is 1. The van der Waals surface area contributed by atoms with Gasteiger partial charge in [-0.25, -0.2) is 0 Å². The molecule has 0 aromatic rings. The van der Waals surface area contributed by atoms with Gasteiger partial charge >= 0.3 is 0 Å². The molecule has 3 nitrogen and oxygen atoms in total. The fraction of sp³-hybridized carbons (Fsp3) is 0.889. The molecular formula is C9H19BrN2O. The average Bonchev–Trinajstić information content (AvgIpc) is 2.13. The summed E-state index contributed by atoms with van der Waals surface area (Å²) in [7, 11) is 2.08. The van der Waals surface area contributed by atoms with Gasteiger partial charge in [0, 0.05) is 12.6 Å².